The summed E-state index contributed by atoms with van der Waals surface area (Å²) >= 11 is 0. The molecule has 1 aliphatic rings. The fourth-order valence-electron chi connectivity index (χ4n) is 2.49. The van der Waals surface area contributed by atoms with E-state index in [0.29, 0.717) is 4.90 Å². The van der Waals surface area contributed by atoms with Crippen molar-refractivity contribution in [2.24, 2.45) is 0 Å². The van der Waals surface area contributed by atoms with E-state index in [1.54, 1.807) is 47.6 Å². The van der Waals surface area contributed by atoms with E-state index in [-0.39, 0.29) is 0 Å². The maximum atomic E-state index is 15.1. The van der Waals surface area contributed by atoms with E-state index in [9.17, 15) is 14.4 Å². The van der Waals surface area contributed by atoms with Crippen LogP contribution < -0.4 is 0 Å². The van der Waals surface area contributed by atoms with Crippen LogP contribution in [0.3, 0.4) is 0 Å². The molecule has 2 atom stereocenters. The normalized spacial score (nSPS) is 24.9. The largest absolute Gasteiger partial charge is 0.467 e. The SMILES string of the molecule is COC(=O)[C@@]1(N(C(=O)OC(C)(C)C)C(=O)OC(C)(C)C)C[C@@]1(F)CC#N. The highest BCUT2D eigenvalue weighted by molar-refractivity contribution is 6.00. The maximum absolute atomic E-state index is 15.1. The fraction of sp³-hybridized carbons (Fsp3) is 0.765. The number of halogens is 1. The van der Waals surface area contributed by atoms with Gasteiger partial charge >= 0.3 is 18.2 Å². The monoisotopic (exact) mass is 372 g/mol. The highest BCUT2D eigenvalue weighted by atomic mass is 19.1. The summed E-state index contributed by atoms with van der Waals surface area (Å²) in [5.74, 6) is -1.16. The molecule has 0 radical (unpaired) electrons. The van der Waals surface area contributed by atoms with Crippen LogP contribution in [-0.4, -0.2) is 52.6 Å². The first-order valence-corrected chi connectivity index (χ1v) is 8.04. The van der Waals surface area contributed by atoms with Gasteiger partial charge in [-0.2, -0.15) is 10.2 Å². The van der Waals surface area contributed by atoms with Gasteiger partial charge in [0.1, 0.15) is 11.2 Å². The molecule has 0 unspecified atom stereocenters. The average Bonchev–Trinajstić information content (AvgIpc) is 3.00. The quantitative estimate of drug-likeness (QED) is 0.553. The number of nitrogens with zero attached hydrogens (tertiary/aromatic N) is 2. The van der Waals surface area contributed by atoms with Crippen molar-refractivity contribution in [3.8, 4) is 6.07 Å². The van der Waals surface area contributed by atoms with Crippen molar-refractivity contribution >= 4 is 18.2 Å². The molecule has 146 valence electrons. The van der Waals surface area contributed by atoms with E-state index in [1.807, 2.05) is 0 Å². The van der Waals surface area contributed by atoms with E-state index < -0.39 is 53.4 Å². The molecule has 0 aliphatic heterocycles. The third-order valence-electron chi connectivity index (χ3n) is 3.57. The second kappa shape index (κ2) is 6.74. The van der Waals surface area contributed by atoms with Gasteiger partial charge in [-0.3, -0.25) is 0 Å². The van der Waals surface area contributed by atoms with Crippen molar-refractivity contribution in [1.29, 1.82) is 5.26 Å². The minimum absolute atomic E-state index is 0.298. The lowest BCUT2D eigenvalue weighted by atomic mass is 10.1. The summed E-state index contributed by atoms with van der Waals surface area (Å²) in [6.45, 7) is 9.30. The van der Waals surface area contributed by atoms with Gasteiger partial charge < -0.3 is 14.2 Å². The van der Waals surface area contributed by atoms with Gasteiger partial charge in [0.25, 0.3) is 0 Å². The Morgan fingerprint density at radius 1 is 1.08 bits per heavy atom. The molecule has 0 saturated heterocycles. The molecule has 0 bridgehead atoms. The number of nitriles is 1. The number of carbonyl (C=O) groups excluding carboxylic acids is 3. The van der Waals surface area contributed by atoms with Crippen molar-refractivity contribution in [2.75, 3.05) is 7.11 Å². The van der Waals surface area contributed by atoms with Crippen molar-refractivity contribution in [1.82, 2.24) is 4.90 Å². The first-order chi connectivity index (χ1) is 11.6. The van der Waals surface area contributed by atoms with Crippen molar-refractivity contribution in [3.05, 3.63) is 0 Å². The molecular weight excluding hydrogens is 347 g/mol. The van der Waals surface area contributed by atoms with Crippen LogP contribution in [0, 0.1) is 11.3 Å². The number of amides is 2. The highest BCUT2D eigenvalue weighted by Gasteiger charge is 2.81. The summed E-state index contributed by atoms with van der Waals surface area (Å²) in [4.78, 5) is 37.9. The minimum Gasteiger partial charge on any atom is -0.467 e. The Morgan fingerprint density at radius 3 is 1.81 bits per heavy atom. The number of esters is 1. The third-order valence-corrected chi connectivity index (χ3v) is 3.57. The molecule has 1 saturated carbocycles. The highest BCUT2D eigenvalue weighted by Crippen LogP contribution is 2.58. The van der Waals surface area contributed by atoms with Gasteiger partial charge in [0.15, 0.2) is 11.2 Å². The van der Waals surface area contributed by atoms with Crippen LogP contribution >= 0.6 is 0 Å². The zero-order valence-electron chi connectivity index (χ0n) is 16.1. The Balaban J connectivity index is 3.42. The molecule has 2 amide bonds. The van der Waals surface area contributed by atoms with Gasteiger partial charge in [-0.05, 0) is 41.5 Å². The smallest absolute Gasteiger partial charge is 0.420 e. The molecule has 1 rings (SSSR count). The lowest BCUT2D eigenvalue weighted by Crippen LogP contribution is -2.57. The minimum atomic E-state index is -2.44. The first-order valence-electron chi connectivity index (χ1n) is 8.04. The van der Waals surface area contributed by atoms with E-state index in [2.05, 4.69) is 4.74 Å². The molecule has 1 fully saturated rings. The topological polar surface area (TPSA) is 106 Å². The first kappa shape index (κ1) is 21.7. The van der Waals surface area contributed by atoms with Crippen LogP contribution in [0.5, 0.6) is 0 Å². The van der Waals surface area contributed by atoms with Crippen LogP contribution in [0.15, 0.2) is 0 Å². The van der Waals surface area contributed by atoms with Crippen LogP contribution in [0.2, 0.25) is 0 Å². The molecule has 1 aliphatic carbocycles. The van der Waals surface area contributed by atoms with Gasteiger partial charge in [0, 0.05) is 6.42 Å². The van der Waals surface area contributed by atoms with Crippen LogP contribution in [0.25, 0.3) is 0 Å². The molecule has 0 aromatic rings. The lowest BCUT2D eigenvalue weighted by molar-refractivity contribution is -0.150. The number of methoxy groups -OCH3 is 1. The molecule has 9 heteroatoms. The van der Waals surface area contributed by atoms with Crippen molar-refractivity contribution in [3.63, 3.8) is 0 Å². The predicted molar refractivity (Wildman–Crippen MR) is 87.7 cm³/mol. The summed E-state index contributed by atoms with van der Waals surface area (Å²) in [7, 11) is 0.998. The molecule has 0 N–H and O–H groups in total. The molecule has 0 spiro atoms. The van der Waals surface area contributed by atoms with Crippen LogP contribution in [0.4, 0.5) is 14.0 Å². The lowest BCUT2D eigenvalue weighted by Gasteiger charge is -2.33. The summed E-state index contributed by atoms with van der Waals surface area (Å²) in [5.41, 5.74) is -6.78. The molecule has 0 aromatic carbocycles. The average molecular weight is 372 g/mol. The number of ether oxygens (including phenoxy) is 3. The molecule has 0 aromatic heterocycles. The van der Waals surface area contributed by atoms with E-state index in [4.69, 9.17) is 14.7 Å². The van der Waals surface area contributed by atoms with Crippen molar-refractivity contribution in [2.45, 2.75) is 76.8 Å². The summed E-state index contributed by atoms with van der Waals surface area (Å²) in [6, 6.07) is 1.62. The van der Waals surface area contributed by atoms with Gasteiger partial charge in [-0.25, -0.2) is 18.8 Å². The Kier molecular flexibility index (Phi) is 5.62. The fourth-order valence-corrected chi connectivity index (χ4v) is 2.49. The Hall–Kier alpha value is -2.37. The Morgan fingerprint density at radius 2 is 1.50 bits per heavy atom. The van der Waals surface area contributed by atoms with Gasteiger partial charge in [-0.1, -0.05) is 0 Å². The zero-order chi connectivity index (χ0) is 20.6. The number of hydrogen-bond acceptors (Lipinski definition) is 7. The zero-order valence-corrected chi connectivity index (χ0v) is 16.1. The maximum Gasteiger partial charge on any atom is 0.420 e. The summed E-state index contributed by atoms with van der Waals surface area (Å²) in [6.07, 6.45) is -3.78. The predicted octanol–water partition coefficient (Wildman–Crippen LogP) is 3.10. The Labute approximate surface area is 152 Å². The second-order valence-corrected chi connectivity index (χ2v) is 8.12. The number of alkyl halides is 1. The van der Waals surface area contributed by atoms with E-state index in [0.717, 1.165) is 7.11 Å². The van der Waals surface area contributed by atoms with Crippen molar-refractivity contribution < 1.29 is 33.0 Å². The summed E-state index contributed by atoms with van der Waals surface area (Å²) < 4.78 is 30.0. The second-order valence-electron chi connectivity index (χ2n) is 8.12. The molecule has 0 heterocycles. The van der Waals surface area contributed by atoms with Crippen LogP contribution in [-0.2, 0) is 19.0 Å². The van der Waals surface area contributed by atoms with Gasteiger partial charge in [-0.15, -0.1) is 0 Å². The van der Waals surface area contributed by atoms with E-state index in [1.165, 1.54) is 0 Å². The molecule has 26 heavy (non-hydrogen) atoms. The Bertz CT molecular complexity index is 617. The van der Waals surface area contributed by atoms with Crippen LogP contribution in [0.1, 0.15) is 54.4 Å². The van der Waals surface area contributed by atoms with Gasteiger partial charge in [0.05, 0.1) is 19.6 Å². The summed E-state index contributed by atoms with van der Waals surface area (Å²) in [5, 5.41) is 8.87. The standard InChI is InChI=1S/C17H25FN2O6/c1-14(2,3)25-12(22)20(13(23)26-15(4,5)6)17(11(21)24-7)10-16(17,18)8-9-19/h8,10H2,1-7H3/t16-,17-/m0/s1. The number of rotatable bonds is 3. The number of carbonyl (C=O) groups is 3. The third kappa shape index (κ3) is 4.23. The van der Waals surface area contributed by atoms with E-state index >= 15 is 4.39 Å². The number of hydrogen-bond donors (Lipinski definition) is 0. The number of imide groups is 1. The molecule has 8 nitrogen and oxygen atoms in total. The molecular formula is C17H25FN2O6. The van der Waals surface area contributed by atoms with Gasteiger partial charge in [0.2, 0.25) is 0 Å².